The quantitative estimate of drug-likeness (QED) is 0.874. The molecule has 0 radical (unpaired) electrons. The van der Waals surface area contributed by atoms with Gasteiger partial charge >= 0.3 is 0 Å². The standard InChI is InChI=1S/C14H15N3O/c15-14(18)13-5-3-10-9-11(4-6-12(10)16-13)17-7-1-2-8-17/h3-6,9H,1-2,7-8H2,(H2,15,18). The van der Waals surface area contributed by atoms with Gasteiger partial charge in [-0.1, -0.05) is 6.07 Å². The van der Waals surface area contributed by atoms with E-state index in [2.05, 4.69) is 22.0 Å². The van der Waals surface area contributed by atoms with Crippen molar-refractivity contribution in [3.63, 3.8) is 0 Å². The van der Waals surface area contributed by atoms with E-state index in [1.165, 1.54) is 18.5 Å². The van der Waals surface area contributed by atoms with Crippen molar-refractivity contribution in [1.82, 2.24) is 4.98 Å². The van der Waals surface area contributed by atoms with Crippen molar-refractivity contribution in [2.24, 2.45) is 5.73 Å². The molecule has 4 nitrogen and oxygen atoms in total. The highest BCUT2D eigenvalue weighted by Gasteiger charge is 2.12. The maximum atomic E-state index is 11.1. The Morgan fingerprint density at radius 2 is 1.94 bits per heavy atom. The summed E-state index contributed by atoms with van der Waals surface area (Å²) in [4.78, 5) is 17.7. The first-order valence-corrected chi connectivity index (χ1v) is 6.19. The number of carbonyl (C=O) groups excluding carboxylic acids is 1. The number of nitrogens with two attached hydrogens (primary N) is 1. The lowest BCUT2D eigenvalue weighted by Gasteiger charge is -2.17. The number of nitrogens with zero attached hydrogens (tertiary/aromatic N) is 2. The Morgan fingerprint density at radius 3 is 2.67 bits per heavy atom. The normalized spacial score (nSPS) is 15.2. The number of hydrogen-bond donors (Lipinski definition) is 1. The van der Waals surface area contributed by atoms with E-state index in [9.17, 15) is 4.79 Å². The summed E-state index contributed by atoms with van der Waals surface area (Å²) in [6.45, 7) is 2.25. The van der Waals surface area contributed by atoms with Crippen molar-refractivity contribution in [2.45, 2.75) is 12.8 Å². The maximum absolute atomic E-state index is 11.1. The fourth-order valence-electron chi connectivity index (χ4n) is 2.42. The van der Waals surface area contributed by atoms with Crippen LogP contribution in [0.25, 0.3) is 10.9 Å². The van der Waals surface area contributed by atoms with Crippen molar-refractivity contribution in [1.29, 1.82) is 0 Å². The van der Waals surface area contributed by atoms with Crippen molar-refractivity contribution < 1.29 is 4.79 Å². The van der Waals surface area contributed by atoms with Gasteiger partial charge in [0.1, 0.15) is 5.69 Å². The van der Waals surface area contributed by atoms with E-state index >= 15 is 0 Å². The highest BCUT2D eigenvalue weighted by Crippen LogP contribution is 2.24. The molecule has 1 aromatic carbocycles. The molecule has 2 N–H and O–H groups in total. The molecule has 0 unspecified atom stereocenters. The monoisotopic (exact) mass is 241 g/mol. The molecule has 0 bridgehead atoms. The van der Waals surface area contributed by atoms with Crippen LogP contribution in [0.5, 0.6) is 0 Å². The van der Waals surface area contributed by atoms with Gasteiger partial charge in [0.05, 0.1) is 5.52 Å². The summed E-state index contributed by atoms with van der Waals surface area (Å²) < 4.78 is 0. The molecule has 2 aromatic rings. The predicted octanol–water partition coefficient (Wildman–Crippen LogP) is 1.93. The summed E-state index contributed by atoms with van der Waals surface area (Å²) in [7, 11) is 0. The Kier molecular flexibility index (Phi) is 2.63. The molecule has 1 fully saturated rings. The number of pyridine rings is 1. The van der Waals surface area contributed by atoms with Crippen molar-refractivity contribution >= 4 is 22.5 Å². The van der Waals surface area contributed by atoms with Gasteiger partial charge in [0.15, 0.2) is 0 Å². The van der Waals surface area contributed by atoms with Gasteiger partial charge in [-0.3, -0.25) is 4.79 Å². The maximum Gasteiger partial charge on any atom is 0.267 e. The molecular weight excluding hydrogens is 226 g/mol. The van der Waals surface area contributed by atoms with Crippen LogP contribution in [-0.4, -0.2) is 24.0 Å². The number of carbonyl (C=O) groups is 1. The Bertz CT molecular complexity index is 603. The molecule has 0 aliphatic carbocycles. The van der Waals surface area contributed by atoms with Gasteiger partial charge in [0.2, 0.25) is 0 Å². The molecule has 92 valence electrons. The summed E-state index contributed by atoms with van der Waals surface area (Å²) in [5, 5.41) is 1.05. The lowest BCUT2D eigenvalue weighted by atomic mass is 10.1. The predicted molar refractivity (Wildman–Crippen MR) is 71.7 cm³/mol. The van der Waals surface area contributed by atoms with Crippen LogP contribution in [-0.2, 0) is 0 Å². The van der Waals surface area contributed by atoms with Crippen molar-refractivity contribution in [3.05, 3.63) is 36.0 Å². The third-order valence-electron chi connectivity index (χ3n) is 3.40. The van der Waals surface area contributed by atoms with Gasteiger partial charge in [-0.05, 0) is 37.1 Å². The smallest absolute Gasteiger partial charge is 0.267 e. The number of anilines is 1. The Morgan fingerprint density at radius 1 is 1.17 bits per heavy atom. The molecule has 1 aliphatic rings. The van der Waals surface area contributed by atoms with Gasteiger partial charge in [0, 0.05) is 24.2 Å². The molecule has 1 amide bonds. The molecular formula is C14H15N3O. The number of rotatable bonds is 2. The molecule has 18 heavy (non-hydrogen) atoms. The Labute approximate surface area is 105 Å². The Balaban J connectivity index is 2.02. The first kappa shape index (κ1) is 11.0. The van der Waals surface area contributed by atoms with E-state index in [-0.39, 0.29) is 0 Å². The van der Waals surface area contributed by atoms with Gasteiger partial charge in [-0.25, -0.2) is 4.98 Å². The zero-order valence-corrected chi connectivity index (χ0v) is 10.1. The zero-order chi connectivity index (χ0) is 12.5. The summed E-state index contributed by atoms with van der Waals surface area (Å²) >= 11 is 0. The SMILES string of the molecule is NC(=O)c1ccc2cc(N3CCCC3)ccc2n1. The van der Waals surface area contributed by atoms with Crippen LogP contribution >= 0.6 is 0 Å². The molecule has 0 spiro atoms. The molecule has 1 aromatic heterocycles. The van der Waals surface area contributed by atoms with E-state index in [0.717, 1.165) is 24.0 Å². The molecule has 1 aliphatic heterocycles. The first-order chi connectivity index (χ1) is 8.74. The van der Waals surface area contributed by atoms with Crippen LogP contribution in [0.3, 0.4) is 0 Å². The number of benzene rings is 1. The average Bonchev–Trinajstić information content (AvgIpc) is 2.91. The number of amides is 1. The van der Waals surface area contributed by atoms with Crippen LogP contribution in [0.15, 0.2) is 30.3 Å². The van der Waals surface area contributed by atoms with Crippen LogP contribution in [0.2, 0.25) is 0 Å². The molecule has 0 atom stereocenters. The second-order valence-corrected chi connectivity index (χ2v) is 4.63. The highest BCUT2D eigenvalue weighted by atomic mass is 16.1. The third kappa shape index (κ3) is 1.90. The van der Waals surface area contributed by atoms with Gasteiger partial charge in [-0.15, -0.1) is 0 Å². The zero-order valence-electron chi connectivity index (χ0n) is 10.1. The lowest BCUT2D eigenvalue weighted by Crippen LogP contribution is -2.17. The van der Waals surface area contributed by atoms with Crippen LogP contribution < -0.4 is 10.6 Å². The summed E-state index contributed by atoms with van der Waals surface area (Å²) in [5.74, 6) is -0.486. The topological polar surface area (TPSA) is 59.2 Å². The van der Waals surface area contributed by atoms with Gasteiger partial charge in [-0.2, -0.15) is 0 Å². The summed E-state index contributed by atoms with van der Waals surface area (Å²) in [5.41, 5.74) is 7.59. The molecule has 0 saturated carbocycles. The molecule has 3 rings (SSSR count). The second kappa shape index (κ2) is 4.29. The number of fused-ring (bicyclic) bond motifs is 1. The van der Waals surface area contributed by atoms with Crippen LogP contribution in [0, 0.1) is 0 Å². The van der Waals surface area contributed by atoms with E-state index in [1.807, 2.05) is 12.1 Å². The molecule has 2 heterocycles. The first-order valence-electron chi connectivity index (χ1n) is 6.19. The third-order valence-corrected chi connectivity index (χ3v) is 3.40. The van der Waals surface area contributed by atoms with Gasteiger partial charge < -0.3 is 10.6 Å². The number of primary amides is 1. The summed E-state index contributed by atoms with van der Waals surface area (Å²) in [6, 6.07) is 9.72. The minimum absolute atomic E-state index is 0.316. The van der Waals surface area contributed by atoms with E-state index in [4.69, 9.17) is 5.73 Å². The second-order valence-electron chi connectivity index (χ2n) is 4.63. The van der Waals surface area contributed by atoms with Crippen molar-refractivity contribution in [2.75, 3.05) is 18.0 Å². The molecule has 1 saturated heterocycles. The van der Waals surface area contributed by atoms with Crippen LogP contribution in [0.1, 0.15) is 23.3 Å². The van der Waals surface area contributed by atoms with E-state index in [0.29, 0.717) is 5.69 Å². The number of hydrogen-bond acceptors (Lipinski definition) is 3. The fraction of sp³-hybridized carbons (Fsp3) is 0.286. The van der Waals surface area contributed by atoms with Crippen LogP contribution in [0.4, 0.5) is 5.69 Å². The summed E-state index contributed by atoms with van der Waals surface area (Å²) in [6.07, 6.45) is 2.52. The Hall–Kier alpha value is -2.10. The lowest BCUT2D eigenvalue weighted by molar-refractivity contribution is 0.0996. The minimum Gasteiger partial charge on any atom is -0.372 e. The average molecular weight is 241 g/mol. The fourth-order valence-corrected chi connectivity index (χ4v) is 2.42. The van der Waals surface area contributed by atoms with E-state index < -0.39 is 5.91 Å². The van der Waals surface area contributed by atoms with E-state index in [1.54, 1.807) is 6.07 Å². The highest BCUT2D eigenvalue weighted by molar-refractivity contribution is 5.94. The van der Waals surface area contributed by atoms with Crippen molar-refractivity contribution in [3.8, 4) is 0 Å². The van der Waals surface area contributed by atoms with Gasteiger partial charge in [0.25, 0.3) is 5.91 Å². The molecule has 4 heteroatoms. The largest absolute Gasteiger partial charge is 0.372 e. The number of aromatic nitrogens is 1. The minimum atomic E-state index is -0.486.